The van der Waals surface area contributed by atoms with E-state index in [9.17, 15) is 5.11 Å². The van der Waals surface area contributed by atoms with Gasteiger partial charge in [-0.3, -0.25) is 10.5 Å². The van der Waals surface area contributed by atoms with E-state index in [2.05, 4.69) is 37.5 Å². The number of hydrogen-bond acceptors (Lipinski definition) is 5. The molecule has 1 aliphatic carbocycles. The SMILES string of the molecule is CC(C)(COO)C1(C(C)(C)COO)CCC(O)CC1. The van der Waals surface area contributed by atoms with Gasteiger partial charge >= 0.3 is 0 Å². The first-order valence-corrected chi connectivity index (χ1v) is 6.93. The van der Waals surface area contributed by atoms with Gasteiger partial charge in [0.05, 0.1) is 19.3 Å². The van der Waals surface area contributed by atoms with Crippen molar-refractivity contribution in [3.8, 4) is 0 Å². The zero-order valence-corrected chi connectivity index (χ0v) is 12.5. The first kappa shape index (κ1) is 16.9. The molecule has 0 aliphatic heterocycles. The molecule has 114 valence electrons. The lowest BCUT2D eigenvalue weighted by Gasteiger charge is -2.58. The minimum absolute atomic E-state index is 0.176. The molecule has 0 spiro atoms. The van der Waals surface area contributed by atoms with Crippen molar-refractivity contribution in [2.24, 2.45) is 16.2 Å². The van der Waals surface area contributed by atoms with Crippen molar-refractivity contribution in [3.05, 3.63) is 0 Å². The predicted octanol–water partition coefficient (Wildman–Crippen LogP) is 2.94. The smallest absolute Gasteiger partial charge is 0.0876 e. The van der Waals surface area contributed by atoms with E-state index in [1.54, 1.807) is 0 Å². The highest BCUT2D eigenvalue weighted by Gasteiger charge is 2.55. The van der Waals surface area contributed by atoms with Gasteiger partial charge in [0.2, 0.25) is 0 Å². The van der Waals surface area contributed by atoms with Crippen molar-refractivity contribution < 1.29 is 25.4 Å². The monoisotopic (exact) mass is 276 g/mol. The fraction of sp³-hybridized carbons (Fsp3) is 1.00. The van der Waals surface area contributed by atoms with Gasteiger partial charge in [0.25, 0.3) is 0 Å². The molecule has 1 fully saturated rings. The largest absolute Gasteiger partial charge is 0.393 e. The van der Waals surface area contributed by atoms with Crippen LogP contribution in [-0.2, 0) is 9.78 Å². The van der Waals surface area contributed by atoms with E-state index in [4.69, 9.17) is 10.5 Å². The summed E-state index contributed by atoms with van der Waals surface area (Å²) >= 11 is 0. The maximum atomic E-state index is 9.77. The van der Waals surface area contributed by atoms with Gasteiger partial charge in [-0.2, -0.15) is 0 Å². The zero-order valence-electron chi connectivity index (χ0n) is 12.5. The first-order valence-electron chi connectivity index (χ1n) is 6.93. The molecule has 0 aromatic carbocycles. The molecular formula is C14H28O5. The van der Waals surface area contributed by atoms with Crippen molar-refractivity contribution in [1.29, 1.82) is 0 Å². The molecule has 19 heavy (non-hydrogen) atoms. The highest BCUT2D eigenvalue weighted by molar-refractivity contribution is 5.04. The summed E-state index contributed by atoms with van der Waals surface area (Å²) in [6.45, 7) is 8.66. The average molecular weight is 276 g/mol. The minimum atomic E-state index is -0.288. The van der Waals surface area contributed by atoms with Gasteiger partial charge in [-0.25, -0.2) is 9.78 Å². The van der Waals surface area contributed by atoms with Gasteiger partial charge in [0.1, 0.15) is 0 Å². The third kappa shape index (κ3) is 3.11. The third-order valence-corrected chi connectivity index (χ3v) is 5.25. The van der Waals surface area contributed by atoms with Gasteiger partial charge in [-0.1, -0.05) is 27.7 Å². The number of aliphatic hydroxyl groups is 1. The first-order chi connectivity index (χ1) is 8.72. The van der Waals surface area contributed by atoms with E-state index in [0.29, 0.717) is 0 Å². The van der Waals surface area contributed by atoms with Crippen LogP contribution in [0.4, 0.5) is 0 Å². The third-order valence-electron chi connectivity index (χ3n) is 5.25. The molecule has 0 amide bonds. The van der Waals surface area contributed by atoms with E-state index in [-0.39, 0.29) is 35.6 Å². The lowest BCUT2D eigenvalue weighted by atomic mass is 9.48. The maximum absolute atomic E-state index is 9.77. The molecule has 0 bridgehead atoms. The Balaban J connectivity index is 3.10. The summed E-state index contributed by atoms with van der Waals surface area (Å²) in [7, 11) is 0. The fourth-order valence-electron chi connectivity index (χ4n) is 3.96. The lowest BCUT2D eigenvalue weighted by molar-refractivity contribution is -0.302. The summed E-state index contributed by atoms with van der Waals surface area (Å²) in [4.78, 5) is 8.84. The topological polar surface area (TPSA) is 79.2 Å². The summed E-state index contributed by atoms with van der Waals surface area (Å²) in [6, 6.07) is 0. The van der Waals surface area contributed by atoms with E-state index in [0.717, 1.165) is 25.7 Å². The standard InChI is InChI=1S/C14H28O5/c1-12(2,9-18-16)14(13(3,4)10-19-17)7-5-11(15)6-8-14/h11,15-17H,5-10H2,1-4H3. The summed E-state index contributed by atoms with van der Waals surface area (Å²) in [5.41, 5.74) is -0.751. The van der Waals surface area contributed by atoms with Crippen molar-refractivity contribution in [1.82, 2.24) is 0 Å². The number of aliphatic hydroxyl groups excluding tert-OH is 1. The number of rotatable bonds is 6. The maximum Gasteiger partial charge on any atom is 0.0876 e. The normalized spacial score (nSPS) is 21.6. The van der Waals surface area contributed by atoms with Crippen LogP contribution in [0.15, 0.2) is 0 Å². The Morgan fingerprint density at radius 3 is 1.63 bits per heavy atom. The predicted molar refractivity (Wildman–Crippen MR) is 71.6 cm³/mol. The summed E-state index contributed by atoms with van der Waals surface area (Å²) < 4.78 is 0. The second kappa shape index (κ2) is 6.06. The van der Waals surface area contributed by atoms with Crippen LogP contribution in [0.1, 0.15) is 53.4 Å². The molecule has 1 saturated carbocycles. The molecule has 1 rings (SSSR count). The van der Waals surface area contributed by atoms with E-state index >= 15 is 0 Å². The highest BCUT2D eigenvalue weighted by Crippen LogP contribution is 2.60. The van der Waals surface area contributed by atoms with Crippen LogP contribution in [0.5, 0.6) is 0 Å². The minimum Gasteiger partial charge on any atom is -0.393 e. The lowest BCUT2D eigenvalue weighted by Crippen LogP contribution is -2.54. The van der Waals surface area contributed by atoms with Crippen molar-refractivity contribution in [2.45, 2.75) is 59.5 Å². The Kier molecular flexibility index (Phi) is 5.37. The Hall–Kier alpha value is -0.200. The van der Waals surface area contributed by atoms with Crippen LogP contribution in [-0.4, -0.2) is 34.9 Å². The van der Waals surface area contributed by atoms with Crippen molar-refractivity contribution in [3.63, 3.8) is 0 Å². The second-order valence-electron chi connectivity index (χ2n) is 7.13. The highest BCUT2D eigenvalue weighted by atomic mass is 17.1. The molecule has 0 heterocycles. The van der Waals surface area contributed by atoms with E-state index in [1.165, 1.54) is 0 Å². The average Bonchev–Trinajstić information content (AvgIpc) is 2.29. The summed E-state index contributed by atoms with van der Waals surface area (Å²) in [5.74, 6) is 0. The fourth-order valence-corrected chi connectivity index (χ4v) is 3.96. The van der Waals surface area contributed by atoms with Gasteiger partial charge in [0, 0.05) is 0 Å². The summed E-state index contributed by atoms with van der Waals surface area (Å²) in [5, 5.41) is 27.5. The van der Waals surface area contributed by atoms with Crippen LogP contribution in [0.3, 0.4) is 0 Å². The van der Waals surface area contributed by atoms with Gasteiger partial charge in [0.15, 0.2) is 0 Å². The molecule has 1 aliphatic rings. The van der Waals surface area contributed by atoms with Crippen LogP contribution in [0.2, 0.25) is 0 Å². The van der Waals surface area contributed by atoms with E-state index < -0.39 is 0 Å². The Morgan fingerprint density at radius 2 is 1.32 bits per heavy atom. The summed E-state index contributed by atoms with van der Waals surface area (Å²) in [6.07, 6.45) is 2.83. The van der Waals surface area contributed by atoms with Gasteiger partial charge < -0.3 is 5.11 Å². The van der Waals surface area contributed by atoms with Crippen molar-refractivity contribution in [2.75, 3.05) is 13.2 Å². The zero-order chi connectivity index (χ0) is 14.7. The molecule has 0 saturated heterocycles. The van der Waals surface area contributed by atoms with Gasteiger partial charge in [-0.05, 0) is 41.9 Å². The quantitative estimate of drug-likeness (QED) is 0.513. The van der Waals surface area contributed by atoms with Crippen LogP contribution < -0.4 is 0 Å². The van der Waals surface area contributed by atoms with Crippen molar-refractivity contribution >= 4 is 0 Å². The van der Waals surface area contributed by atoms with E-state index in [1.807, 2.05) is 0 Å². The molecule has 0 aromatic heterocycles. The molecule has 5 heteroatoms. The second-order valence-corrected chi connectivity index (χ2v) is 7.13. The van der Waals surface area contributed by atoms with Crippen LogP contribution >= 0.6 is 0 Å². The van der Waals surface area contributed by atoms with Crippen LogP contribution in [0.25, 0.3) is 0 Å². The molecule has 3 N–H and O–H groups in total. The molecule has 0 aromatic rings. The molecule has 0 unspecified atom stereocenters. The molecule has 0 radical (unpaired) electrons. The number of hydrogen-bond donors (Lipinski definition) is 3. The Bertz CT molecular complexity index is 260. The Labute approximate surface area is 115 Å². The molecular weight excluding hydrogens is 248 g/mol. The molecule has 0 atom stereocenters. The van der Waals surface area contributed by atoms with Crippen LogP contribution in [0, 0.1) is 16.2 Å². The Morgan fingerprint density at radius 1 is 0.947 bits per heavy atom. The van der Waals surface area contributed by atoms with Gasteiger partial charge in [-0.15, -0.1) is 0 Å². The molecule has 5 nitrogen and oxygen atoms in total.